The Labute approximate surface area is 282 Å². The van der Waals surface area contributed by atoms with Gasteiger partial charge in [-0.25, -0.2) is 8.78 Å². The molecule has 8 nitrogen and oxygen atoms in total. The highest BCUT2D eigenvalue weighted by molar-refractivity contribution is 7.95. The van der Waals surface area contributed by atoms with Crippen LogP contribution in [0.25, 0.3) is 11.1 Å². The number of benzene rings is 4. The van der Waals surface area contributed by atoms with Gasteiger partial charge in [-0.05, 0) is 65.6 Å². The Bertz CT molecular complexity index is 1640. The van der Waals surface area contributed by atoms with E-state index in [2.05, 4.69) is 5.18 Å². The zero-order chi connectivity index (χ0) is 34.0. The maximum Gasteiger partial charge on any atom is 0.230 e. The molecule has 4 aromatic carbocycles. The van der Waals surface area contributed by atoms with Crippen LogP contribution in [0.15, 0.2) is 102 Å². The van der Waals surface area contributed by atoms with Gasteiger partial charge in [0.05, 0.1) is 55.2 Å². The third-order valence-electron chi connectivity index (χ3n) is 8.36. The molecule has 2 aliphatic heterocycles. The van der Waals surface area contributed by atoms with Crippen LogP contribution in [0.5, 0.6) is 5.75 Å². The number of carbonyl (C=O) groups excluding carboxylic acids is 1. The Morgan fingerprint density at radius 2 is 1.60 bits per heavy atom. The van der Waals surface area contributed by atoms with Crippen LogP contribution >= 0.6 is 12.0 Å². The van der Waals surface area contributed by atoms with Crippen molar-refractivity contribution in [2.24, 2.45) is 5.18 Å². The zero-order valence-corrected chi connectivity index (χ0v) is 27.3. The number of β-lactam (4-membered cyclic amide) rings is 1. The number of anilines is 1. The molecule has 252 valence electrons. The number of aliphatic hydroxyl groups is 2. The normalized spacial score (nSPS) is 21.0. The first-order valence-electron chi connectivity index (χ1n) is 15.9. The van der Waals surface area contributed by atoms with Gasteiger partial charge < -0.3 is 24.0 Å². The van der Waals surface area contributed by atoms with Crippen LogP contribution in [0.3, 0.4) is 0 Å². The van der Waals surface area contributed by atoms with Gasteiger partial charge in [0, 0.05) is 24.1 Å². The van der Waals surface area contributed by atoms with Crippen LogP contribution in [0.4, 0.5) is 14.5 Å². The summed E-state index contributed by atoms with van der Waals surface area (Å²) in [7, 11) is 0. The summed E-state index contributed by atoms with van der Waals surface area (Å²) in [6.45, 7) is 1.74. The van der Waals surface area contributed by atoms with Crippen molar-refractivity contribution in [2.75, 3.05) is 17.3 Å². The second kappa shape index (κ2) is 16.8. The number of rotatable bonds is 11. The Kier molecular flexibility index (Phi) is 12.3. The summed E-state index contributed by atoms with van der Waals surface area (Å²) in [5.41, 5.74) is 4.31. The molecule has 5 unspecified atom stereocenters. The van der Waals surface area contributed by atoms with E-state index >= 15 is 0 Å². The van der Waals surface area contributed by atoms with Crippen LogP contribution in [0.2, 0.25) is 0 Å². The van der Waals surface area contributed by atoms with Crippen molar-refractivity contribution < 1.29 is 32.7 Å². The maximum atomic E-state index is 13.5. The number of halogens is 2. The van der Waals surface area contributed by atoms with Crippen LogP contribution in [0, 0.1) is 16.5 Å². The van der Waals surface area contributed by atoms with Gasteiger partial charge in [0.25, 0.3) is 0 Å². The molecule has 2 N–H and O–H groups in total. The predicted molar refractivity (Wildman–Crippen MR) is 182 cm³/mol. The van der Waals surface area contributed by atoms with Crippen LogP contribution in [-0.2, 0) is 9.53 Å². The van der Waals surface area contributed by atoms with Crippen molar-refractivity contribution in [1.29, 1.82) is 0 Å². The van der Waals surface area contributed by atoms with E-state index in [1.165, 1.54) is 36.3 Å². The first-order chi connectivity index (χ1) is 23.3. The average molecular weight is 677 g/mol. The molecule has 2 saturated heterocycles. The number of aliphatic hydroxyl groups excluding tert-OH is 2. The van der Waals surface area contributed by atoms with E-state index in [1.54, 1.807) is 29.2 Å². The van der Waals surface area contributed by atoms with Gasteiger partial charge in [-0.15, -0.1) is 0 Å². The second-order valence-electron chi connectivity index (χ2n) is 11.7. The SMILES string of the molecule is CCC(N=O)c1ccc(F)cc1.O=C1CC(c2ccc(-c3ccccc3)cc2OSCC2CC(O)CC(CO)O2)N1c1ccc(F)cc1. The molecule has 11 heteroatoms. The van der Waals surface area contributed by atoms with Crippen molar-refractivity contribution in [1.82, 2.24) is 0 Å². The van der Waals surface area contributed by atoms with E-state index in [-0.39, 0.29) is 48.4 Å². The highest BCUT2D eigenvalue weighted by Gasteiger charge is 2.40. The van der Waals surface area contributed by atoms with Crippen molar-refractivity contribution in [3.8, 4) is 16.9 Å². The van der Waals surface area contributed by atoms with E-state index < -0.39 is 6.10 Å². The van der Waals surface area contributed by atoms with Crippen LogP contribution < -0.4 is 9.08 Å². The zero-order valence-electron chi connectivity index (χ0n) is 26.5. The molecule has 0 aromatic heterocycles. The topological polar surface area (TPSA) is 109 Å². The number of hydrogen-bond donors (Lipinski definition) is 2. The fourth-order valence-corrected chi connectivity index (χ4v) is 6.53. The minimum atomic E-state index is -0.510. The van der Waals surface area contributed by atoms with Crippen molar-refractivity contribution in [3.05, 3.63) is 125 Å². The van der Waals surface area contributed by atoms with Gasteiger partial charge in [-0.3, -0.25) is 4.79 Å². The molecule has 4 aromatic rings. The minimum absolute atomic E-state index is 0.0306. The van der Waals surface area contributed by atoms with E-state index in [1.807, 2.05) is 55.5 Å². The third kappa shape index (κ3) is 8.84. The van der Waals surface area contributed by atoms with Gasteiger partial charge in [0.15, 0.2) is 0 Å². The summed E-state index contributed by atoms with van der Waals surface area (Å²) < 4.78 is 38.0. The molecule has 1 amide bonds. The van der Waals surface area contributed by atoms with Crippen molar-refractivity contribution in [2.45, 2.75) is 63.0 Å². The molecule has 0 spiro atoms. The van der Waals surface area contributed by atoms with Crippen molar-refractivity contribution in [3.63, 3.8) is 0 Å². The van der Waals surface area contributed by atoms with Gasteiger partial charge in [-0.1, -0.05) is 66.7 Å². The van der Waals surface area contributed by atoms with Crippen LogP contribution in [0.1, 0.15) is 55.8 Å². The summed E-state index contributed by atoms with van der Waals surface area (Å²) in [6, 6.07) is 27.1. The first kappa shape index (κ1) is 35.2. The predicted octanol–water partition coefficient (Wildman–Crippen LogP) is 7.94. The van der Waals surface area contributed by atoms with E-state index in [0.717, 1.165) is 22.3 Å². The molecule has 0 saturated carbocycles. The summed E-state index contributed by atoms with van der Waals surface area (Å²) in [5.74, 6) is 0.445. The molecule has 0 radical (unpaired) electrons. The quantitative estimate of drug-likeness (QED) is 0.0943. The lowest BCUT2D eigenvalue weighted by molar-refractivity contribution is -0.124. The molecular formula is C37H38F2N2O6S. The highest BCUT2D eigenvalue weighted by Crippen LogP contribution is 2.44. The molecule has 2 aliphatic rings. The first-order valence-corrected chi connectivity index (χ1v) is 16.8. The summed E-state index contributed by atoms with van der Waals surface area (Å²) in [6.07, 6.45) is 0.771. The largest absolute Gasteiger partial charge is 0.425 e. The molecule has 5 atom stereocenters. The molecule has 2 fully saturated rings. The smallest absolute Gasteiger partial charge is 0.230 e. The number of ether oxygens (including phenoxy) is 1. The van der Waals surface area contributed by atoms with E-state index in [0.29, 0.717) is 42.9 Å². The molecular weight excluding hydrogens is 638 g/mol. The number of amides is 1. The Morgan fingerprint density at radius 1 is 0.938 bits per heavy atom. The fourth-order valence-electron chi connectivity index (χ4n) is 5.82. The Hall–Kier alpha value is -4.16. The number of nitroso groups, excluding NO2 is 1. The monoisotopic (exact) mass is 676 g/mol. The van der Waals surface area contributed by atoms with Gasteiger partial charge >= 0.3 is 0 Å². The standard InChI is InChI=1S/C28H28FNO5S.C9H10FNO/c29-20-7-9-21(10-8-20)30-26(15-28(30)33)25-11-6-19(18-4-2-1-3-5-18)12-27(25)35-36-17-24-14-22(32)13-23(16-31)34-24;1-2-9(11-12)7-3-5-8(10)6-4-7/h1-12,22-24,26,31-32H,13-17H2;3-6,9H,2H2,1H3. The Morgan fingerprint density at radius 3 is 2.23 bits per heavy atom. The Balaban J connectivity index is 0.000000318. The minimum Gasteiger partial charge on any atom is -0.425 e. The molecule has 0 bridgehead atoms. The summed E-state index contributed by atoms with van der Waals surface area (Å²) >= 11 is 1.23. The average Bonchev–Trinajstić information content (AvgIpc) is 3.10. The van der Waals surface area contributed by atoms with Gasteiger partial charge in [0.2, 0.25) is 5.91 Å². The molecule has 48 heavy (non-hydrogen) atoms. The number of hydrogen-bond acceptors (Lipinski definition) is 8. The van der Waals surface area contributed by atoms with E-state index in [9.17, 15) is 28.7 Å². The maximum absolute atomic E-state index is 13.5. The lowest BCUT2D eigenvalue weighted by Gasteiger charge is -2.41. The van der Waals surface area contributed by atoms with Gasteiger partial charge in [-0.2, -0.15) is 4.91 Å². The lowest BCUT2D eigenvalue weighted by atomic mass is 9.90. The van der Waals surface area contributed by atoms with Crippen molar-refractivity contribution >= 4 is 23.6 Å². The second-order valence-corrected chi connectivity index (χ2v) is 12.5. The number of carbonyl (C=O) groups is 1. The highest BCUT2D eigenvalue weighted by atomic mass is 32.2. The van der Waals surface area contributed by atoms with E-state index in [4.69, 9.17) is 8.92 Å². The van der Waals surface area contributed by atoms with Gasteiger partial charge in [0.1, 0.15) is 23.4 Å². The molecule has 0 aliphatic carbocycles. The number of nitrogens with zero attached hydrogens (tertiary/aromatic N) is 2. The molecule has 2 heterocycles. The fraction of sp³-hybridized carbons (Fsp3) is 0.324. The third-order valence-corrected chi connectivity index (χ3v) is 9.17. The summed E-state index contributed by atoms with van der Waals surface area (Å²) in [5, 5.41) is 22.5. The molecule has 6 rings (SSSR count). The summed E-state index contributed by atoms with van der Waals surface area (Å²) in [4.78, 5) is 24.5. The lowest BCUT2D eigenvalue weighted by Crippen LogP contribution is -2.46. The van der Waals surface area contributed by atoms with Crippen LogP contribution in [-0.4, -0.2) is 46.8 Å².